The van der Waals surface area contributed by atoms with E-state index in [9.17, 15) is 0 Å². The van der Waals surface area contributed by atoms with E-state index in [0.29, 0.717) is 0 Å². The number of benzene rings is 1. The maximum Gasteiger partial charge on any atom is 0.123 e. The van der Waals surface area contributed by atoms with E-state index in [4.69, 9.17) is 9.84 Å². The van der Waals surface area contributed by atoms with Crippen LogP contribution in [0.2, 0.25) is 0 Å². The van der Waals surface area contributed by atoms with Crippen molar-refractivity contribution in [2.75, 3.05) is 0 Å². The fraction of sp³-hybridized carbons (Fsp3) is 0.455. The minimum atomic E-state index is -0.160. The van der Waals surface area contributed by atoms with Gasteiger partial charge in [-0.3, -0.25) is 0 Å². The van der Waals surface area contributed by atoms with Gasteiger partial charge >= 0.3 is 0 Å². The minimum absolute atomic E-state index is 0.160. The number of rotatable bonds is 2. The summed E-state index contributed by atoms with van der Waals surface area (Å²) in [6.45, 7) is 2.02. The highest BCUT2D eigenvalue weighted by Crippen LogP contribution is 2.29. The zero-order valence-corrected chi connectivity index (χ0v) is 9.62. The van der Waals surface area contributed by atoms with Crippen molar-refractivity contribution in [2.45, 2.75) is 32.0 Å². The Balaban J connectivity index is 2.05. The number of aliphatic hydroxyl groups is 1. The van der Waals surface area contributed by atoms with Crippen molar-refractivity contribution in [3.8, 4) is 5.75 Å². The predicted molar refractivity (Wildman–Crippen MR) is 58.5 cm³/mol. The number of hydrogen-bond donors (Lipinski definition) is 1. The van der Waals surface area contributed by atoms with E-state index >= 15 is 0 Å². The number of ether oxygens (including phenoxy) is 1. The van der Waals surface area contributed by atoms with Crippen LogP contribution in [0, 0.1) is 6.92 Å². The largest absolute Gasteiger partial charge is 0.490 e. The van der Waals surface area contributed by atoms with Crippen molar-refractivity contribution in [2.24, 2.45) is 0 Å². The van der Waals surface area contributed by atoms with Crippen LogP contribution < -0.4 is 4.74 Å². The first-order valence-corrected chi connectivity index (χ1v) is 5.55. The molecule has 0 amide bonds. The maximum absolute atomic E-state index is 9.13. The quantitative estimate of drug-likeness (QED) is 0.882. The number of aryl methyl sites for hydroxylation is 1. The fourth-order valence-corrected chi connectivity index (χ4v) is 1.85. The molecule has 1 aromatic rings. The molecule has 2 nitrogen and oxygen atoms in total. The summed E-state index contributed by atoms with van der Waals surface area (Å²) < 4.78 is 6.77. The van der Waals surface area contributed by atoms with Gasteiger partial charge in [-0.2, -0.15) is 0 Å². The summed E-state index contributed by atoms with van der Waals surface area (Å²) in [5.41, 5.74) is 1.13. The van der Waals surface area contributed by atoms with E-state index in [1.807, 2.05) is 25.1 Å². The summed E-state index contributed by atoms with van der Waals surface area (Å²) in [5, 5.41) is 9.13. The van der Waals surface area contributed by atoms with Crippen LogP contribution in [-0.2, 0) is 0 Å². The second kappa shape index (κ2) is 3.91. The Bertz CT molecular complexity index is 332. The van der Waals surface area contributed by atoms with Gasteiger partial charge < -0.3 is 9.84 Å². The molecule has 76 valence electrons. The van der Waals surface area contributed by atoms with Crippen molar-refractivity contribution >= 4 is 15.9 Å². The van der Waals surface area contributed by atoms with Gasteiger partial charge in [0.15, 0.2) is 0 Å². The Labute approximate surface area is 92.0 Å². The molecule has 0 aromatic heterocycles. The number of halogens is 1. The molecular weight excluding hydrogens is 244 g/mol. The Morgan fingerprint density at radius 3 is 2.79 bits per heavy atom. The Morgan fingerprint density at radius 1 is 1.43 bits per heavy atom. The Kier molecular flexibility index (Phi) is 2.79. The van der Waals surface area contributed by atoms with Gasteiger partial charge in [-0.1, -0.05) is 22.0 Å². The van der Waals surface area contributed by atoms with E-state index in [-0.39, 0.29) is 12.2 Å². The van der Waals surface area contributed by atoms with Crippen LogP contribution in [0.25, 0.3) is 0 Å². The Hall–Kier alpha value is -0.540. The van der Waals surface area contributed by atoms with E-state index in [2.05, 4.69) is 15.9 Å². The van der Waals surface area contributed by atoms with Crippen molar-refractivity contribution in [3.63, 3.8) is 0 Å². The highest BCUT2D eigenvalue weighted by Gasteiger charge is 2.29. The summed E-state index contributed by atoms with van der Waals surface area (Å²) in [6.07, 6.45) is 1.54. The van der Waals surface area contributed by atoms with Gasteiger partial charge in [0.1, 0.15) is 11.9 Å². The monoisotopic (exact) mass is 256 g/mol. The van der Waals surface area contributed by atoms with Crippen LogP contribution in [0.5, 0.6) is 5.75 Å². The van der Waals surface area contributed by atoms with Gasteiger partial charge in [-0.15, -0.1) is 0 Å². The van der Waals surface area contributed by atoms with Crippen LogP contribution in [-0.4, -0.2) is 17.3 Å². The summed E-state index contributed by atoms with van der Waals surface area (Å²) in [5.74, 6) is 0.913. The molecular formula is C11H13BrO2. The summed E-state index contributed by atoms with van der Waals surface area (Å²) in [7, 11) is 0. The van der Waals surface area contributed by atoms with Gasteiger partial charge in [0.2, 0.25) is 0 Å². The predicted octanol–water partition coefficient (Wildman–Crippen LogP) is 2.66. The SMILES string of the molecule is Cc1ccc(Br)cc1OC1CC(O)C1. The summed E-state index contributed by atoms with van der Waals surface area (Å²) >= 11 is 3.41. The molecule has 1 N–H and O–H groups in total. The van der Waals surface area contributed by atoms with Gasteiger partial charge in [0.25, 0.3) is 0 Å². The third-order valence-electron chi connectivity index (χ3n) is 2.51. The molecule has 14 heavy (non-hydrogen) atoms. The number of hydrogen-bond acceptors (Lipinski definition) is 2. The second-order valence-electron chi connectivity index (χ2n) is 3.77. The average molecular weight is 257 g/mol. The lowest BCUT2D eigenvalue weighted by molar-refractivity contribution is -0.0111. The third kappa shape index (κ3) is 2.10. The van der Waals surface area contributed by atoms with Gasteiger partial charge in [-0.05, 0) is 24.6 Å². The van der Waals surface area contributed by atoms with Crippen molar-refractivity contribution in [3.05, 3.63) is 28.2 Å². The normalized spacial score (nSPS) is 25.6. The highest BCUT2D eigenvalue weighted by molar-refractivity contribution is 9.10. The van der Waals surface area contributed by atoms with Crippen molar-refractivity contribution in [1.82, 2.24) is 0 Å². The zero-order valence-electron chi connectivity index (χ0n) is 8.03. The van der Waals surface area contributed by atoms with Crippen molar-refractivity contribution < 1.29 is 9.84 Å². The van der Waals surface area contributed by atoms with E-state index < -0.39 is 0 Å². The maximum atomic E-state index is 9.13. The molecule has 0 unspecified atom stereocenters. The van der Waals surface area contributed by atoms with E-state index in [0.717, 1.165) is 28.6 Å². The fourth-order valence-electron chi connectivity index (χ4n) is 1.51. The first-order chi connectivity index (χ1) is 6.65. The lowest BCUT2D eigenvalue weighted by atomic mass is 9.92. The second-order valence-corrected chi connectivity index (χ2v) is 4.69. The zero-order chi connectivity index (χ0) is 10.1. The molecule has 1 aromatic carbocycles. The summed E-state index contributed by atoms with van der Waals surface area (Å²) in [4.78, 5) is 0. The third-order valence-corrected chi connectivity index (χ3v) is 3.01. The molecule has 0 atom stereocenters. The number of aliphatic hydroxyl groups excluding tert-OH is 1. The molecule has 0 saturated heterocycles. The highest BCUT2D eigenvalue weighted by atomic mass is 79.9. The van der Waals surface area contributed by atoms with Gasteiger partial charge in [-0.25, -0.2) is 0 Å². The first kappa shape index (κ1) is 9.99. The van der Waals surface area contributed by atoms with Crippen molar-refractivity contribution in [1.29, 1.82) is 0 Å². The smallest absolute Gasteiger partial charge is 0.123 e. The van der Waals surface area contributed by atoms with E-state index in [1.54, 1.807) is 0 Å². The standard InChI is InChI=1S/C11H13BrO2/c1-7-2-3-8(12)4-11(7)14-10-5-9(13)6-10/h2-4,9-10,13H,5-6H2,1H3. The summed E-state index contributed by atoms with van der Waals surface area (Å²) in [6, 6.07) is 5.99. The molecule has 0 aliphatic heterocycles. The van der Waals surface area contributed by atoms with Gasteiger partial charge in [0.05, 0.1) is 6.10 Å². The van der Waals surface area contributed by atoms with Crippen LogP contribution >= 0.6 is 15.9 Å². The lowest BCUT2D eigenvalue weighted by Gasteiger charge is -2.32. The van der Waals surface area contributed by atoms with Crippen LogP contribution in [0.3, 0.4) is 0 Å². The molecule has 3 heteroatoms. The van der Waals surface area contributed by atoms with E-state index in [1.165, 1.54) is 0 Å². The first-order valence-electron chi connectivity index (χ1n) is 4.76. The average Bonchev–Trinajstić information content (AvgIpc) is 2.09. The topological polar surface area (TPSA) is 29.5 Å². The molecule has 1 aliphatic carbocycles. The van der Waals surface area contributed by atoms with Crippen LogP contribution in [0.1, 0.15) is 18.4 Å². The molecule has 1 saturated carbocycles. The van der Waals surface area contributed by atoms with Gasteiger partial charge in [0, 0.05) is 17.3 Å². The molecule has 1 fully saturated rings. The van der Waals surface area contributed by atoms with Crippen LogP contribution in [0.15, 0.2) is 22.7 Å². The van der Waals surface area contributed by atoms with Crippen LogP contribution in [0.4, 0.5) is 0 Å². The minimum Gasteiger partial charge on any atom is -0.490 e. The molecule has 0 spiro atoms. The lowest BCUT2D eigenvalue weighted by Crippen LogP contribution is -2.37. The molecule has 1 aliphatic rings. The molecule has 0 heterocycles. The Morgan fingerprint density at radius 2 is 2.14 bits per heavy atom. The molecule has 0 bridgehead atoms. The molecule has 2 rings (SSSR count). The molecule has 0 radical (unpaired) electrons.